The second-order valence-corrected chi connectivity index (χ2v) is 43.5. The van der Waals surface area contributed by atoms with E-state index in [1.165, 1.54) is 55.7 Å². The molecule has 6 aromatic heterocycles. The third kappa shape index (κ3) is 14.7. The molecule has 0 bridgehead atoms. The van der Waals surface area contributed by atoms with Crippen molar-refractivity contribution in [2.45, 2.75) is 175 Å². The normalized spacial score (nSPS) is 14.4. The van der Waals surface area contributed by atoms with Gasteiger partial charge in [-0.25, -0.2) is 29.5 Å². The third-order valence-electron chi connectivity index (χ3n) is 20.4. The number of amides is 2. The summed E-state index contributed by atoms with van der Waals surface area (Å²) in [5.74, 6) is 3.83. The fourth-order valence-corrected chi connectivity index (χ4v) is 30.2. The number of hydrogen-bond donors (Lipinski definition) is 4. The molecule has 8 heterocycles. The molecule has 2 saturated carbocycles. The van der Waals surface area contributed by atoms with Gasteiger partial charge in [-0.3, -0.25) is 9.13 Å². The molecule has 6 aromatic carbocycles. The Bertz CT molecular complexity index is 4990. The Hall–Kier alpha value is -9.53. The van der Waals surface area contributed by atoms with Crippen LogP contribution < -0.4 is 25.2 Å². The Morgan fingerprint density at radius 2 is 1.00 bits per heavy atom. The van der Waals surface area contributed by atoms with E-state index in [4.69, 9.17) is 38.2 Å². The molecule has 0 radical (unpaired) electrons. The third-order valence-corrected chi connectivity index (χ3v) is 35.3. The number of nitrogens with zero attached hydrogens (tertiary/aromatic N) is 7. The van der Waals surface area contributed by atoms with Crippen molar-refractivity contribution in [3.05, 3.63) is 204 Å². The quantitative estimate of drug-likeness (QED) is 0.0628. The number of aromatic nitrogens is 7. The number of fused-ring (bicyclic) bond motifs is 12. The van der Waals surface area contributed by atoms with Crippen LogP contribution in [-0.2, 0) is 20.6 Å². The van der Waals surface area contributed by atoms with Crippen LogP contribution in [0.4, 0.5) is 32.6 Å². The predicted molar refractivity (Wildman–Crippen MR) is 422 cm³/mol. The first kappa shape index (κ1) is 71.5. The van der Waals surface area contributed by atoms with E-state index in [1.54, 1.807) is 12.4 Å². The first-order valence-corrected chi connectivity index (χ1v) is 45.2. The molecular weight excluding hydrogens is 1470 g/mol. The fraction of sp³-hybridized carbons (Fsp3) is 0.329. The Labute approximate surface area is 621 Å². The first-order chi connectivity index (χ1) is 50.3. The number of hydrogen-bond acceptors (Lipinski definition) is 13. The molecule has 4 N–H and O–H groups in total. The second kappa shape index (κ2) is 29.9. The number of oxazole rings is 1. The van der Waals surface area contributed by atoms with Gasteiger partial charge in [-0.1, -0.05) is 91.0 Å². The van der Waals surface area contributed by atoms with Crippen LogP contribution in [0, 0.1) is 0 Å². The second-order valence-electron chi connectivity index (χ2n) is 30.0. The van der Waals surface area contributed by atoms with Gasteiger partial charge in [0.15, 0.2) is 17.4 Å². The van der Waals surface area contributed by atoms with Crippen molar-refractivity contribution in [3.63, 3.8) is 0 Å². The summed E-state index contributed by atoms with van der Waals surface area (Å²) in [6.07, 6.45) is 16.3. The van der Waals surface area contributed by atoms with Crippen LogP contribution in [0.25, 0.3) is 90.2 Å². The number of para-hydroxylation sites is 5. The number of furan rings is 1. The molecule has 17 nitrogen and oxygen atoms in total. The number of halogens is 1. The molecular formula is C85H92BrN11O6Sn. The summed E-state index contributed by atoms with van der Waals surface area (Å²) >= 11 is 1.26. The van der Waals surface area contributed by atoms with E-state index in [9.17, 15) is 9.59 Å². The van der Waals surface area contributed by atoms with E-state index in [2.05, 4.69) is 169 Å². The van der Waals surface area contributed by atoms with Crippen molar-refractivity contribution in [2.75, 3.05) is 10.6 Å². The Morgan fingerprint density at radius 3 is 1.48 bits per heavy atom. The van der Waals surface area contributed by atoms with E-state index in [1.807, 2.05) is 120 Å². The Kier molecular flexibility index (Phi) is 20.5. The maximum atomic E-state index is 12.8. The number of unbranched alkanes of at least 4 members (excludes halogenated alkanes) is 3. The van der Waals surface area contributed by atoms with E-state index >= 15 is 0 Å². The number of imidazole rings is 2. The van der Waals surface area contributed by atoms with Crippen LogP contribution in [0.2, 0.25) is 13.3 Å². The topological polar surface area (TPSA) is 201 Å². The van der Waals surface area contributed by atoms with E-state index in [0.717, 1.165) is 162 Å². The molecule has 0 atom stereocenters. The van der Waals surface area contributed by atoms with Gasteiger partial charge >= 0.3 is 152 Å². The summed E-state index contributed by atoms with van der Waals surface area (Å²) in [6, 6.07) is 59.5. The molecule has 19 heteroatoms. The van der Waals surface area contributed by atoms with Gasteiger partial charge in [0.2, 0.25) is 0 Å². The van der Waals surface area contributed by atoms with Gasteiger partial charge < -0.3 is 35.2 Å². The number of ether oxygens (including phenoxy) is 2. The zero-order chi connectivity index (χ0) is 72.4. The van der Waals surface area contributed by atoms with Gasteiger partial charge in [0.05, 0.1) is 45.2 Å². The molecule has 0 unspecified atom stereocenters. The van der Waals surface area contributed by atoms with Crippen LogP contribution in [0.15, 0.2) is 202 Å². The molecule has 104 heavy (non-hydrogen) atoms. The van der Waals surface area contributed by atoms with Crippen molar-refractivity contribution >= 4 is 95.5 Å². The predicted octanol–water partition coefficient (Wildman–Crippen LogP) is 22.2. The SMILES string of the molecule is CC(C)(C)OC(=O)NC1(c2ccc(-c3c(-c4cc5ccccc5o4)nc4n3-c3cccnc3Nc3ccccc3-4)cc2)CCC1.CC(C)(C)OC(=O)NC1(c2ccc(-c3c(Br)nc4n3-c3cccnc3Nc3ccccc3-4)cc2)CCC1.CCC[CH2][Sn]([CH2]CCC)([CH2]CCC)[c]1nc2ccccc2o1. The number of pyridine rings is 2. The van der Waals surface area contributed by atoms with Crippen molar-refractivity contribution < 1.29 is 27.9 Å². The van der Waals surface area contributed by atoms with Crippen LogP contribution in [0.5, 0.6) is 0 Å². The van der Waals surface area contributed by atoms with E-state index in [0.29, 0.717) is 5.76 Å². The average Bonchev–Trinajstić information content (AvgIpc) is 1.63. The molecule has 12 aromatic rings. The summed E-state index contributed by atoms with van der Waals surface area (Å²) < 4.78 is 34.4. The number of nitrogens with one attached hydrogen (secondary N) is 4. The molecule has 2 aliphatic heterocycles. The molecule has 0 saturated heterocycles. The Morgan fingerprint density at radius 1 is 0.538 bits per heavy atom. The molecule has 0 spiro atoms. The van der Waals surface area contributed by atoms with E-state index in [-0.39, 0.29) is 6.09 Å². The van der Waals surface area contributed by atoms with Gasteiger partial charge in [0.25, 0.3) is 0 Å². The van der Waals surface area contributed by atoms with Gasteiger partial charge in [-0.05, 0) is 168 Å². The number of alkyl carbamates (subject to hydrolysis) is 2. The summed E-state index contributed by atoms with van der Waals surface area (Å²) in [7, 11) is 0. The zero-order valence-corrected chi connectivity index (χ0v) is 65.4. The molecule has 534 valence electrons. The first-order valence-electron chi connectivity index (χ1n) is 36.9. The summed E-state index contributed by atoms with van der Waals surface area (Å²) in [5, 5.41) is 14.3. The minimum absolute atomic E-state index is 0.379. The average molecular weight is 1560 g/mol. The molecule has 2 amide bonds. The number of rotatable bonds is 17. The van der Waals surface area contributed by atoms with Crippen molar-refractivity contribution in [2.24, 2.45) is 0 Å². The van der Waals surface area contributed by atoms with Crippen molar-refractivity contribution in [1.29, 1.82) is 0 Å². The summed E-state index contributed by atoms with van der Waals surface area (Å²) in [6.45, 7) is 18.2. The zero-order valence-electron chi connectivity index (χ0n) is 61.0. The molecule has 4 aliphatic rings. The van der Waals surface area contributed by atoms with Crippen LogP contribution in [-0.4, -0.2) is 75.8 Å². The number of carbonyl (C=O) groups excluding carboxylic acids is 2. The number of anilines is 4. The molecule has 2 aliphatic carbocycles. The standard InChI is InChI=1S/C37H33N5O3.C29H28BrN5O2.C7H4NO.3C4H9.Sn/c1-36(2,3)45-35(43)41-37(19-9-20-37)25-17-15-23(16-18-25)32-31(30-22-24-10-4-7-14-29(24)44-30)40-34-26-11-5-6-12-27(26)39-33-28(42(32)34)13-8-21-38-33;1-28(2,3)37-27(36)34-29(15-7-16-29)19-13-11-18(12-14-19)23-24(30)33-26-20-8-4-5-9-21(20)32-25-22(35(23)26)10-6-17-31-25;1-2-4-7-6(3-1)8-5-9-7;3*1-3-4-2;/h4-8,10-18,21-22H,9,19-20H2,1-3H3,(H,38,39)(H,41,43);4-6,8-14,17H,7,15-16H2,1-3H3,(H,31,32)(H,34,36);1-4H;3*1,3-4H2,2H3;. The van der Waals surface area contributed by atoms with Gasteiger partial charge in [-0.15, -0.1) is 0 Å². The van der Waals surface area contributed by atoms with E-state index < -0.39 is 46.8 Å². The summed E-state index contributed by atoms with van der Waals surface area (Å²) in [5.41, 5.74) is 13.3. The van der Waals surface area contributed by atoms with Gasteiger partial charge in [0.1, 0.15) is 38.7 Å². The number of carbonyl (C=O) groups is 2. The fourth-order valence-electron chi connectivity index (χ4n) is 14.9. The van der Waals surface area contributed by atoms with Gasteiger partial charge in [-0.2, -0.15) is 0 Å². The monoisotopic (exact) mass is 1560 g/mol. The van der Waals surface area contributed by atoms with Crippen LogP contribution in [0.1, 0.15) is 150 Å². The summed E-state index contributed by atoms with van der Waals surface area (Å²) in [4.78, 5) is 49.9. The maximum absolute atomic E-state index is 12.8. The molecule has 16 rings (SSSR count). The Balaban J connectivity index is 0.000000140. The van der Waals surface area contributed by atoms with Crippen LogP contribution in [0.3, 0.4) is 0 Å². The molecule has 2 fully saturated rings. The minimum atomic E-state index is -2.48. The van der Waals surface area contributed by atoms with Crippen molar-refractivity contribution in [1.82, 2.24) is 44.7 Å². The van der Waals surface area contributed by atoms with Gasteiger partial charge in [0, 0.05) is 40.0 Å². The van der Waals surface area contributed by atoms with Crippen molar-refractivity contribution in [3.8, 4) is 68.1 Å². The number of benzene rings is 6. The van der Waals surface area contributed by atoms with Crippen LogP contribution >= 0.6 is 15.9 Å².